The zero-order valence-electron chi connectivity index (χ0n) is 5.43. The molecule has 0 radical (unpaired) electrons. The molecule has 1 nitrogen and oxygen atoms in total. The van der Waals surface area contributed by atoms with Gasteiger partial charge in [-0.05, 0) is 13.8 Å². The maximum Gasteiger partial charge on any atom is 1.00 e. The van der Waals surface area contributed by atoms with Crippen molar-refractivity contribution in [2.75, 3.05) is 0 Å². The molecule has 0 aliphatic carbocycles. The van der Waals surface area contributed by atoms with Crippen LogP contribution in [0, 0.1) is 0 Å². The van der Waals surface area contributed by atoms with Gasteiger partial charge in [0, 0.05) is 6.04 Å². The summed E-state index contributed by atoms with van der Waals surface area (Å²) in [4.78, 5) is 0. The van der Waals surface area contributed by atoms with E-state index in [9.17, 15) is 0 Å². The molecule has 4 heteroatoms. The number of thiol groups is 1. The van der Waals surface area contributed by atoms with Crippen molar-refractivity contribution >= 4 is 29.2 Å². The number of hydrogen-bond acceptors (Lipinski definition) is 1. The molecule has 0 amide bonds. The fourth-order valence-electron chi connectivity index (χ4n) is 0.247. The van der Waals surface area contributed by atoms with Gasteiger partial charge in [0.15, 0.2) is 0 Å². The van der Waals surface area contributed by atoms with Gasteiger partial charge in [-0.2, -0.15) is 0 Å². The normalized spacial score (nSPS) is 8.00. The largest absolute Gasteiger partial charge is 1.00 e. The molecule has 0 bridgehead atoms. The van der Waals surface area contributed by atoms with E-state index >= 15 is 0 Å². The monoisotopic (exact) mass is 158 g/mol. The van der Waals surface area contributed by atoms with Crippen molar-refractivity contribution in [2.24, 2.45) is 0 Å². The van der Waals surface area contributed by atoms with Crippen LogP contribution in [-0.4, -0.2) is 10.4 Å². The summed E-state index contributed by atoms with van der Waals surface area (Å²) in [7, 11) is 0. The second kappa shape index (κ2) is 6.36. The van der Waals surface area contributed by atoms with Crippen LogP contribution in [-0.2, 0) is 0 Å². The van der Waals surface area contributed by atoms with Gasteiger partial charge in [0.25, 0.3) is 0 Å². The number of nitrogens with one attached hydrogen (secondary N) is 1. The van der Waals surface area contributed by atoms with Crippen LogP contribution in [0.4, 0.5) is 0 Å². The fraction of sp³-hybridized carbons (Fsp3) is 0.750. The second-order valence-corrected chi connectivity index (χ2v) is 2.76. The molecule has 0 unspecified atom stereocenters. The SMILES string of the molecule is CC(C)NC(=S)S.[Na+]. The maximum atomic E-state index is 4.62. The van der Waals surface area contributed by atoms with Gasteiger partial charge in [-0.1, -0.05) is 12.2 Å². The van der Waals surface area contributed by atoms with Crippen LogP contribution in [0.3, 0.4) is 0 Å². The van der Waals surface area contributed by atoms with E-state index in [0.717, 1.165) is 0 Å². The molecular weight excluding hydrogens is 149 g/mol. The molecule has 0 heterocycles. The van der Waals surface area contributed by atoms with E-state index in [4.69, 9.17) is 0 Å². The first-order valence-corrected chi connectivity index (χ1v) is 2.98. The minimum atomic E-state index is 0. The molecular formula is C4H9NNaS2+. The minimum absolute atomic E-state index is 0. The summed E-state index contributed by atoms with van der Waals surface area (Å²) in [6.45, 7) is 4.03. The maximum absolute atomic E-state index is 4.62. The Morgan fingerprint density at radius 2 is 2.00 bits per heavy atom. The van der Waals surface area contributed by atoms with Crippen LogP contribution < -0.4 is 34.9 Å². The Balaban J connectivity index is 0. The van der Waals surface area contributed by atoms with Gasteiger partial charge in [0.1, 0.15) is 4.32 Å². The molecule has 0 aromatic rings. The van der Waals surface area contributed by atoms with E-state index in [-0.39, 0.29) is 29.6 Å². The molecule has 8 heavy (non-hydrogen) atoms. The summed E-state index contributed by atoms with van der Waals surface area (Å²) in [5.41, 5.74) is 0. The van der Waals surface area contributed by atoms with Crippen LogP contribution >= 0.6 is 24.8 Å². The number of hydrogen-bond donors (Lipinski definition) is 2. The van der Waals surface area contributed by atoms with Crippen molar-refractivity contribution in [1.82, 2.24) is 5.32 Å². The van der Waals surface area contributed by atoms with Gasteiger partial charge in [0.05, 0.1) is 0 Å². The topological polar surface area (TPSA) is 12.0 Å². The predicted molar refractivity (Wildman–Crippen MR) is 39.9 cm³/mol. The molecule has 0 aromatic carbocycles. The van der Waals surface area contributed by atoms with Crippen LogP contribution in [0.15, 0.2) is 0 Å². The Kier molecular flexibility index (Phi) is 9.52. The van der Waals surface area contributed by atoms with Gasteiger partial charge in [-0.25, -0.2) is 0 Å². The van der Waals surface area contributed by atoms with E-state index in [1.807, 2.05) is 13.8 Å². The zero-order chi connectivity index (χ0) is 5.86. The zero-order valence-corrected chi connectivity index (χ0v) is 9.14. The van der Waals surface area contributed by atoms with E-state index in [0.29, 0.717) is 10.4 Å². The average molecular weight is 158 g/mol. The Morgan fingerprint density at radius 3 is 2.00 bits per heavy atom. The third kappa shape index (κ3) is 10.3. The van der Waals surface area contributed by atoms with Crippen molar-refractivity contribution in [2.45, 2.75) is 19.9 Å². The van der Waals surface area contributed by atoms with Crippen LogP contribution in [0.1, 0.15) is 13.8 Å². The van der Waals surface area contributed by atoms with Crippen molar-refractivity contribution in [3.8, 4) is 0 Å². The minimum Gasteiger partial charge on any atom is -0.369 e. The van der Waals surface area contributed by atoms with Crippen molar-refractivity contribution in [3.05, 3.63) is 0 Å². The quantitative estimate of drug-likeness (QED) is 0.265. The molecule has 42 valence electrons. The first-order chi connectivity index (χ1) is 3.13. The summed E-state index contributed by atoms with van der Waals surface area (Å²) >= 11 is 8.48. The Labute approximate surface area is 83.3 Å². The van der Waals surface area contributed by atoms with E-state index in [2.05, 4.69) is 30.2 Å². The Bertz CT molecular complexity index is 74.4. The smallest absolute Gasteiger partial charge is 0.369 e. The van der Waals surface area contributed by atoms with Crippen LogP contribution in [0.2, 0.25) is 0 Å². The number of thiocarbonyl (C=S) groups is 1. The van der Waals surface area contributed by atoms with Crippen LogP contribution in [0.5, 0.6) is 0 Å². The van der Waals surface area contributed by atoms with Gasteiger partial charge < -0.3 is 5.32 Å². The molecule has 0 rings (SSSR count). The summed E-state index contributed by atoms with van der Waals surface area (Å²) in [6, 6.07) is 0.407. The van der Waals surface area contributed by atoms with E-state index in [1.54, 1.807) is 0 Å². The Hall–Kier alpha value is 1.24. The van der Waals surface area contributed by atoms with Gasteiger partial charge in [-0.15, -0.1) is 12.6 Å². The first-order valence-electron chi connectivity index (χ1n) is 2.12. The van der Waals surface area contributed by atoms with Gasteiger partial charge in [0.2, 0.25) is 0 Å². The molecule has 1 N–H and O–H groups in total. The number of rotatable bonds is 1. The first kappa shape index (κ1) is 12.0. The van der Waals surface area contributed by atoms with Crippen molar-refractivity contribution in [3.63, 3.8) is 0 Å². The third-order valence-electron chi connectivity index (χ3n) is 0.412. The molecule has 0 aromatic heterocycles. The summed E-state index contributed by atoms with van der Waals surface area (Å²) in [5.74, 6) is 0. The second-order valence-electron chi connectivity index (χ2n) is 1.60. The van der Waals surface area contributed by atoms with Crippen LogP contribution in [0.25, 0.3) is 0 Å². The van der Waals surface area contributed by atoms with Gasteiger partial charge in [-0.3, -0.25) is 0 Å². The average Bonchev–Trinajstić information content (AvgIpc) is 1.27. The summed E-state index contributed by atoms with van der Waals surface area (Å²) < 4.78 is 0.565. The van der Waals surface area contributed by atoms with Gasteiger partial charge >= 0.3 is 29.6 Å². The third-order valence-corrected chi connectivity index (χ3v) is 0.659. The summed E-state index contributed by atoms with van der Waals surface area (Å²) in [5, 5.41) is 2.90. The molecule has 0 saturated carbocycles. The Morgan fingerprint density at radius 1 is 1.62 bits per heavy atom. The van der Waals surface area contributed by atoms with Crippen molar-refractivity contribution < 1.29 is 29.6 Å². The fourth-order valence-corrected chi connectivity index (χ4v) is 0.741. The predicted octanol–water partition coefficient (Wildman–Crippen LogP) is -1.80. The van der Waals surface area contributed by atoms with E-state index < -0.39 is 0 Å². The molecule has 0 atom stereocenters. The standard InChI is InChI=1S/C4H9NS2.Na/c1-3(2)5-4(6)7;/h3H,1-2H3,(H2,5,6,7);/q;+1. The molecule has 0 aliphatic heterocycles. The molecule has 0 spiro atoms. The summed E-state index contributed by atoms with van der Waals surface area (Å²) in [6.07, 6.45) is 0. The molecule has 0 fully saturated rings. The van der Waals surface area contributed by atoms with E-state index in [1.165, 1.54) is 0 Å². The molecule has 0 aliphatic rings. The van der Waals surface area contributed by atoms with Crippen molar-refractivity contribution in [1.29, 1.82) is 0 Å². The molecule has 0 saturated heterocycles.